The first-order chi connectivity index (χ1) is 12.7. The lowest BCUT2D eigenvalue weighted by Gasteiger charge is -2.32. The van der Waals surface area contributed by atoms with E-state index in [1.165, 1.54) is 30.8 Å². The highest BCUT2D eigenvalue weighted by atomic mass is 16.5. The van der Waals surface area contributed by atoms with Crippen molar-refractivity contribution in [1.82, 2.24) is 24.6 Å². The van der Waals surface area contributed by atoms with Gasteiger partial charge in [0, 0.05) is 39.1 Å². The molecule has 3 heterocycles. The molecule has 3 rings (SSSR count). The highest BCUT2D eigenvalue weighted by Crippen LogP contribution is 2.26. The quantitative estimate of drug-likeness (QED) is 0.699. The third kappa shape index (κ3) is 5.15. The first-order valence-electron chi connectivity index (χ1n) is 10.2. The molecular formula is C20H35N5O. The summed E-state index contributed by atoms with van der Waals surface area (Å²) in [6.07, 6.45) is 7.20. The van der Waals surface area contributed by atoms with Crippen LogP contribution in [0.5, 0.6) is 0 Å². The number of hydrogen-bond acceptors (Lipinski definition) is 5. The van der Waals surface area contributed by atoms with Crippen LogP contribution in [0.4, 0.5) is 0 Å². The van der Waals surface area contributed by atoms with Crippen molar-refractivity contribution in [3.05, 3.63) is 23.3 Å². The smallest absolute Gasteiger partial charge is 0.146 e. The molecule has 2 saturated heterocycles. The molecule has 6 heteroatoms. The molecule has 0 saturated carbocycles. The zero-order chi connectivity index (χ0) is 18.4. The van der Waals surface area contributed by atoms with Gasteiger partial charge < -0.3 is 14.2 Å². The van der Waals surface area contributed by atoms with Crippen LogP contribution in [-0.2, 0) is 18.3 Å². The maximum Gasteiger partial charge on any atom is 0.146 e. The maximum atomic E-state index is 5.44. The number of allylic oxidation sites excluding steroid dienone is 1. The topological polar surface area (TPSA) is 46.4 Å². The van der Waals surface area contributed by atoms with E-state index in [1.807, 2.05) is 0 Å². The number of ether oxygens (including phenoxy) is 1. The molecule has 0 amide bonds. The van der Waals surface area contributed by atoms with Crippen molar-refractivity contribution < 1.29 is 4.74 Å². The van der Waals surface area contributed by atoms with Crippen LogP contribution in [0.2, 0.25) is 0 Å². The summed E-state index contributed by atoms with van der Waals surface area (Å²) in [5.74, 6) is 2.76. The molecule has 2 aliphatic rings. The maximum absolute atomic E-state index is 5.44. The molecule has 146 valence electrons. The number of rotatable bonds is 7. The van der Waals surface area contributed by atoms with Crippen molar-refractivity contribution in [3.63, 3.8) is 0 Å². The minimum atomic E-state index is 0.510. The second-order valence-corrected chi connectivity index (χ2v) is 7.75. The molecule has 0 spiro atoms. The van der Waals surface area contributed by atoms with Crippen LogP contribution in [0, 0.1) is 0 Å². The lowest BCUT2D eigenvalue weighted by molar-refractivity contribution is 0.0326. The van der Waals surface area contributed by atoms with E-state index >= 15 is 0 Å². The largest absolute Gasteiger partial charge is 0.379 e. The standard InChI is InChI=1S/C20H35N5O/c1-4-17(2)7-5-9-24-10-6-8-18(15-24)20-22-21-19(23(20)3)16-25-11-13-26-14-12-25/h7,18H,4-6,8-16H2,1-3H3/b17-7+. The van der Waals surface area contributed by atoms with Crippen molar-refractivity contribution in [2.45, 2.75) is 52.0 Å². The number of aromatic nitrogens is 3. The Morgan fingerprint density at radius 2 is 2.00 bits per heavy atom. The number of piperidine rings is 1. The van der Waals surface area contributed by atoms with Gasteiger partial charge in [0.1, 0.15) is 11.6 Å². The highest BCUT2D eigenvalue weighted by Gasteiger charge is 2.26. The lowest BCUT2D eigenvalue weighted by Crippen LogP contribution is -2.37. The van der Waals surface area contributed by atoms with Gasteiger partial charge in [0.15, 0.2) is 0 Å². The first-order valence-corrected chi connectivity index (χ1v) is 10.2. The monoisotopic (exact) mass is 361 g/mol. The molecule has 2 aliphatic heterocycles. The average molecular weight is 362 g/mol. The fourth-order valence-electron chi connectivity index (χ4n) is 3.94. The zero-order valence-corrected chi connectivity index (χ0v) is 16.8. The van der Waals surface area contributed by atoms with Gasteiger partial charge in [0.25, 0.3) is 0 Å². The molecule has 0 aliphatic carbocycles. The van der Waals surface area contributed by atoms with E-state index in [0.29, 0.717) is 5.92 Å². The summed E-state index contributed by atoms with van der Waals surface area (Å²) in [6.45, 7) is 12.5. The van der Waals surface area contributed by atoms with Crippen LogP contribution in [0.1, 0.15) is 57.1 Å². The molecule has 1 aromatic heterocycles. The number of likely N-dealkylation sites (tertiary alicyclic amines) is 1. The first kappa shape index (κ1) is 19.5. The molecule has 1 atom stereocenters. The summed E-state index contributed by atoms with van der Waals surface area (Å²) in [5.41, 5.74) is 1.50. The van der Waals surface area contributed by atoms with Crippen LogP contribution in [-0.4, -0.2) is 70.5 Å². The molecule has 0 N–H and O–H groups in total. The Morgan fingerprint density at radius 1 is 1.19 bits per heavy atom. The Morgan fingerprint density at radius 3 is 2.77 bits per heavy atom. The van der Waals surface area contributed by atoms with Crippen molar-refractivity contribution in [3.8, 4) is 0 Å². The molecule has 26 heavy (non-hydrogen) atoms. The molecular weight excluding hydrogens is 326 g/mol. The summed E-state index contributed by atoms with van der Waals surface area (Å²) in [7, 11) is 2.14. The summed E-state index contributed by atoms with van der Waals surface area (Å²) < 4.78 is 7.68. The predicted octanol–water partition coefficient (Wildman–Crippen LogP) is 2.57. The Hall–Kier alpha value is -1.24. The van der Waals surface area contributed by atoms with E-state index in [1.54, 1.807) is 0 Å². The molecule has 2 fully saturated rings. The van der Waals surface area contributed by atoms with Gasteiger partial charge >= 0.3 is 0 Å². The minimum absolute atomic E-state index is 0.510. The Bertz CT molecular complexity index is 591. The molecule has 0 aromatic carbocycles. The Labute approximate surface area is 158 Å². The van der Waals surface area contributed by atoms with Crippen molar-refractivity contribution in [2.24, 2.45) is 7.05 Å². The van der Waals surface area contributed by atoms with E-state index in [0.717, 1.165) is 64.6 Å². The molecule has 1 aromatic rings. The number of hydrogen-bond donors (Lipinski definition) is 0. The second-order valence-electron chi connectivity index (χ2n) is 7.75. The zero-order valence-electron chi connectivity index (χ0n) is 16.8. The van der Waals surface area contributed by atoms with Crippen LogP contribution in [0.3, 0.4) is 0 Å². The van der Waals surface area contributed by atoms with Gasteiger partial charge in [-0.15, -0.1) is 10.2 Å². The average Bonchev–Trinajstić information content (AvgIpc) is 3.03. The van der Waals surface area contributed by atoms with E-state index in [-0.39, 0.29) is 0 Å². The van der Waals surface area contributed by atoms with Gasteiger partial charge in [-0.1, -0.05) is 18.6 Å². The summed E-state index contributed by atoms with van der Waals surface area (Å²) in [4.78, 5) is 5.01. The minimum Gasteiger partial charge on any atom is -0.379 e. The SMILES string of the molecule is CC/C(C)=C/CCN1CCCC(c2nnc(CN3CCOCC3)n2C)C1. The van der Waals surface area contributed by atoms with Crippen molar-refractivity contribution >= 4 is 0 Å². The Kier molecular flexibility index (Phi) is 7.23. The fourth-order valence-corrected chi connectivity index (χ4v) is 3.94. The predicted molar refractivity (Wildman–Crippen MR) is 104 cm³/mol. The third-order valence-corrected chi connectivity index (χ3v) is 5.83. The molecule has 6 nitrogen and oxygen atoms in total. The van der Waals surface area contributed by atoms with Gasteiger partial charge in [-0.25, -0.2) is 0 Å². The van der Waals surface area contributed by atoms with Gasteiger partial charge in [0.2, 0.25) is 0 Å². The fraction of sp³-hybridized carbons (Fsp3) is 0.800. The van der Waals surface area contributed by atoms with Gasteiger partial charge in [-0.05, 0) is 39.2 Å². The van der Waals surface area contributed by atoms with Gasteiger partial charge in [-0.2, -0.15) is 0 Å². The molecule has 0 bridgehead atoms. The van der Waals surface area contributed by atoms with Crippen LogP contribution < -0.4 is 0 Å². The van der Waals surface area contributed by atoms with Crippen molar-refractivity contribution in [2.75, 3.05) is 45.9 Å². The van der Waals surface area contributed by atoms with E-state index in [4.69, 9.17) is 4.74 Å². The molecule has 1 unspecified atom stereocenters. The summed E-state index contributed by atoms with van der Waals surface area (Å²) >= 11 is 0. The van der Waals surface area contributed by atoms with E-state index in [9.17, 15) is 0 Å². The number of morpholine rings is 1. The van der Waals surface area contributed by atoms with Crippen LogP contribution in [0.25, 0.3) is 0 Å². The normalized spacial score (nSPS) is 23.5. The van der Waals surface area contributed by atoms with Crippen molar-refractivity contribution in [1.29, 1.82) is 0 Å². The van der Waals surface area contributed by atoms with Gasteiger partial charge in [0.05, 0.1) is 19.8 Å². The molecule has 0 radical (unpaired) electrons. The van der Waals surface area contributed by atoms with Crippen LogP contribution in [0.15, 0.2) is 11.6 Å². The lowest BCUT2D eigenvalue weighted by atomic mass is 9.97. The van der Waals surface area contributed by atoms with Gasteiger partial charge in [-0.3, -0.25) is 4.90 Å². The summed E-state index contributed by atoms with van der Waals surface area (Å²) in [6, 6.07) is 0. The number of nitrogens with zero attached hydrogens (tertiary/aromatic N) is 5. The van der Waals surface area contributed by atoms with Crippen LogP contribution >= 0.6 is 0 Å². The highest BCUT2D eigenvalue weighted by molar-refractivity contribution is 5.04. The summed E-state index contributed by atoms with van der Waals surface area (Å²) in [5, 5.41) is 9.09. The van der Waals surface area contributed by atoms with E-state index < -0.39 is 0 Å². The Balaban J connectivity index is 1.56. The van der Waals surface area contributed by atoms with E-state index in [2.05, 4.69) is 51.5 Å². The third-order valence-electron chi connectivity index (χ3n) is 5.83. The second kappa shape index (κ2) is 9.62.